The molecule has 0 radical (unpaired) electrons. The van der Waals surface area contributed by atoms with Crippen LogP contribution in [0.4, 0.5) is 5.69 Å². The lowest BCUT2D eigenvalue weighted by atomic mass is 9.80. The molecule has 26 heavy (non-hydrogen) atoms. The number of hydrogen-bond donors (Lipinski definition) is 3. The molecular weight excluding hydrogens is 330 g/mol. The monoisotopic (exact) mass is 362 g/mol. The molecule has 0 unspecified atom stereocenters. The summed E-state index contributed by atoms with van der Waals surface area (Å²) in [5.74, 6) is -1.27. The maximum Gasteiger partial charge on any atom is 0.300 e. The molecule has 3 N–H and O–H groups in total. The van der Waals surface area contributed by atoms with E-state index in [1.54, 1.807) is 12.1 Å². The minimum absolute atomic E-state index is 0.170. The van der Waals surface area contributed by atoms with Crippen molar-refractivity contribution in [2.45, 2.75) is 46.1 Å². The van der Waals surface area contributed by atoms with Crippen LogP contribution in [0.1, 0.15) is 40.5 Å². The number of carbonyl (C=O) groups excluding carboxylic acids is 2. The molecule has 1 aliphatic heterocycles. The minimum atomic E-state index is -1.55. The second-order valence-electron chi connectivity index (χ2n) is 7.77. The van der Waals surface area contributed by atoms with E-state index in [0.29, 0.717) is 12.2 Å². The van der Waals surface area contributed by atoms with Gasteiger partial charge in [0.2, 0.25) is 0 Å². The van der Waals surface area contributed by atoms with Gasteiger partial charge in [0, 0.05) is 12.8 Å². The van der Waals surface area contributed by atoms with Crippen molar-refractivity contribution >= 4 is 17.5 Å². The van der Waals surface area contributed by atoms with Crippen molar-refractivity contribution in [1.29, 1.82) is 0 Å². The van der Waals surface area contributed by atoms with E-state index in [0.717, 1.165) is 25.9 Å². The molecule has 1 aliphatic rings. The zero-order valence-electron chi connectivity index (χ0n) is 16.3. The first-order valence-electron chi connectivity index (χ1n) is 9.51. The van der Waals surface area contributed by atoms with E-state index < -0.39 is 11.5 Å². The number of hydrogen-bond acceptors (Lipinski definition) is 3. The van der Waals surface area contributed by atoms with Crippen molar-refractivity contribution in [3.8, 4) is 0 Å². The Morgan fingerprint density at radius 1 is 1.12 bits per heavy atom. The number of likely N-dealkylation sites (tertiary alicyclic amines) is 1. The average Bonchev–Trinajstić information content (AvgIpc) is 3.11. The van der Waals surface area contributed by atoms with Crippen molar-refractivity contribution < 1.29 is 19.6 Å². The number of nitrogens with zero attached hydrogens (tertiary/aromatic N) is 1. The van der Waals surface area contributed by atoms with Gasteiger partial charge >= 0.3 is 5.91 Å². The van der Waals surface area contributed by atoms with Crippen LogP contribution in [0.25, 0.3) is 0 Å². The lowest BCUT2D eigenvalue weighted by Gasteiger charge is -2.36. The molecule has 0 aromatic heterocycles. The standard InChI is InChI=1S/C20H31N3O3/c1-15(2)20(26,16(3)4)19(25)21-23(17-10-6-5-7-11-17)18(24)14-22-12-8-9-13-22/h5-7,10-11,15-16,26H,8-9,12-14H2,1-4H3,(H,21,25)/p+1. The van der Waals surface area contributed by atoms with Crippen molar-refractivity contribution in [2.24, 2.45) is 11.8 Å². The van der Waals surface area contributed by atoms with E-state index in [9.17, 15) is 14.7 Å². The summed E-state index contributed by atoms with van der Waals surface area (Å²) in [5.41, 5.74) is 1.74. The van der Waals surface area contributed by atoms with Crippen LogP contribution in [0.5, 0.6) is 0 Å². The number of carbonyl (C=O) groups is 2. The Kier molecular flexibility index (Phi) is 6.78. The predicted molar refractivity (Wildman–Crippen MR) is 101 cm³/mol. The number of aliphatic hydroxyl groups is 1. The van der Waals surface area contributed by atoms with Crippen molar-refractivity contribution in [2.75, 3.05) is 24.6 Å². The number of nitrogens with one attached hydrogen (secondary N) is 2. The van der Waals surface area contributed by atoms with Crippen LogP contribution < -0.4 is 15.3 Å². The topological polar surface area (TPSA) is 74.1 Å². The molecule has 1 fully saturated rings. The van der Waals surface area contributed by atoms with Gasteiger partial charge < -0.3 is 10.0 Å². The van der Waals surface area contributed by atoms with Crippen LogP contribution >= 0.6 is 0 Å². The van der Waals surface area contributed by atoms with Gasteiger partial charge in [0.05, 0.1) is 18.8 Å². The lowest BCUT2D eigenvalue weighted by molar-refractivity contribution is -0.878. The first kappa shape index (κ1) is 20.4. The van der Waals surface area contributed by atoms with Gasteiger partial charge in [-0.05, 0) is 24.0 Å². The molecular formula is C20H32N3O3+. The van der Waals surface area contributed by atoms with Crippen molar-refractivity contribution in [1.82, 2.24) is 5.43 Å². The third-order valence-corrected chi connectivity index (χ3v) is 5.31. The van der Waals surface area contributed by atoms with Gasteiger partial charge in [-0.1, -0.05) is 45.9 Å². The van der Waals surface area contributed by atoms with Gasteiger partial charge in [-0.25, -0.2) is 5.01 Å². The predicted octanol–water partition coefficient (Wildman–Crippen LogP) is 0.773. The molecule has 144 valence electrons. The molecule has 1 aromatic rings. The molecule has 1 aromatic carbocycles. The van der Waals surface area contributed by atoms with Gasteiger partial charge in [-0.15, -0.1) is 0 Å². The summed E-state index contributed by atoms with van der Waals surface area (Å²) >= 11 is 0. The smallest absolute Gasteiger partial charge is 0.300 e. The summed E-state index contributed by atoms with van der Waals surface area (Å²) in [6.45, 7) is 9.52. The third-order valence-electron chi connectivity index (χ3n) is 5.31. The molecule has 2 amide bonds. The minimum Gasteiger partial charge on any atom is -0.379 e. The number of amides is 2. The Labute approximate surface area is 156 Å². The highest BCUT2D eigenvalue weighted by Crippen LogP contribution is 2.27. The summed E-state index contributed by atoms with van der Waals surface area (Å²) in [6.07, 6.45) is 2.25. The highest BCUT2D eigenvalue weighted by molar-refractivity contribution is 5.98. The van der Waals surface area contributed by atoms with Gasteiger partial charge in [0.15, 0.2) is 6.54 Å². The highest BCUT2D eigenvalue weighted by atomic mass is 16.3. The van der Waals surface area contributed by atoms with Gasteiger partial charge in [0.1, 0.15) is 5.60 Å². The molecule has 6 heteroatoms. The van der Waals surface area contributed by atoms with Crippen LogP contribution in [-0.2, 0) is 9.59 Å². The van der Waals surface area contributed by atoms with Crippen molar-refractivity contribution in [3.05, 3.63) is 30.3 Å². The second-order valence-corrected chi connectivity index (χ2v) is 7.77. The van der Waals surface area contributed by atoms with Crippen LogP contribution in [0.2, 0.25) is 0 Å². The molecule has 0 aliphatic carbocycles. The second kappa shape index (κ2) is 8.64. The molecule has 1 heterocycles. The quantitative estimate of drug-likeness (QED) is 0.655. The number of quaternary nitrogens is 1. The van der Waals surface area contributed by atoms with Crippen molar-refractivity contribution in [3.63, 3.8) is 0 Å². The number of anilines is 1. The van der Waals surface area contributed by atoms with E-state index in [4.69, 9.17) is 0 Å². The van der Waals surface area contributed by atoms with Crippen LogP contribution in [0.15, 0.2) is 30.3 Å². The first-order chi connectivity index (χ1) is 12.3. The first-order valence-corrected chi connectivity index (χ1v) is 9.51. The Morgan fingerprint density at radius 3 is 2.15 bits per heavy atom. The summed E-state index contributed by atoms with van der Waals surface area (Å²) in [7, 11) is 0. The lowest BCUT2D eigenvalue weighted by Crippen LogP contribution is -3.11. The zero-order chi connectivity index (χ0) is 19.3. The Balaban J connectivity index is 2.23. The summed E-state index contributed by atoms with van der Waals surface area (Å²) in [4.78, 5) is 27.1. The largest absolute Gasteiger partial charge is 0.379 e. The molecule has 0 atom stereocenters. The maximum absolute atomic E-state index is 12.9. The van der Waals surface area contributed by atoms with Crippen LogP contribution in [-0.4, -0.2) is 42.2 Å². The maximum atomic E-state index is 12.9. The molecule has 0 spiro atoms. The molecule has 0 saturated carbocycles. The van der Waals surface area contributed by atoms with E-state index in [1.165, 1.54) is 9.91 Å². The molecule has 6 nitrogen and oxygen atoms in total. The van der Waals surface area contributed by atoms with Crippen LogP contribution in [0.3, 0.4) is 0 Å². The van der Waals surface area contributed by atoms with E-state index in [1.807, 2.05) is 45.9 Å². The zero-order valence-corrected chi connectivity index (χ0v) is 16.3. The molecule has 0 bridgehead atoms. The number of benzene rings is 1. The number of rotatable bonds is 6. The fourth-order valence-electron chi connectivity index (χ4n) is 3.57. The Hall–Kier alpha value is -1.92. The molecule has 1 saturated heterocycles. The van der Waals surface area contributed by atoms with Gasteiger partial charge in [-0.3, -0.25) is 15.0 Å². The number of hydrazine groups is 1. The SMILES string of the molecule is CC(C)C(O)(C(=O)NN(C(=O)C[NH+]1CCCC1)c1ccccc1)C(C)C. The Morgan fingerprint density at radius 2 is 1.65 bits per heavy atom. The highest BCUT2D eigenvalue weighted by Gasteiger charge is 2.43. The van der Waals surface area contributed by atoms with Crippen LogP contribution in [0, 0.1) is 11.8 Å². The van der Waals surface area contributed by atoms with E-state index in [-0.39, 0.29) is 17.7 Å². The van der Waals surface area contributed by atoms with E-state index in [2.05, 4.69) is 5.43 Å². The molecule has 2 rings (SSSR count). The normalized spacial score (nSPS) is 15.5. The average molecular weight is 362 g/mol. The summed E-state index contributed by atoms with van der Waals surface area (Å²) in [5, 5.41) is 12.2. The van der Waals surface area contributed by atoms with E-state index >= 15 is 0 Å². The number of para-hydroxylation sites is 1. The van der Waals surface area contributed by atoms with Gasteiger partial charge in [-0.2, -0.15) is 0 Å². The fraction of sp³-hybridized carbons (Fsp3) is 0.600. The summed E-state index contributed by atoms with van der Waals surface area (Å²) in [6, 6.07) is 9.06. The Bertz CT molecular complexity index is 602. The fourth-order valence-corrected chi connectivity index (χ4v) is 3.57. The third kappa shape index (κ3) is 4.43. The summed E-state index contributed by atoms with van der Waals surface area (Å²) < 4.78 is 0. The van der Waals surface area contributed by atoms with Gasteiger partial charge in [0.25, 0.3) is 5.91 Å².